The van der Waals surface area contributed by atoms with Gasteiger partial charge in [0.15, 0.2) is 0 Å². The van der Waals surface area contributed by atoms with E-state index in [1.54, 1.807) is 17.0 Å². The van der Waals surface area contributed by atoms with Gasteiger partial charge in [0.05, 0.1) is 0 Å². The van der Waals surface area contributed by atoms with E-state index in [1.165, 1.54) is 0 Å². The van der Waals surface area contributed by atoms with E-state index in [1.807, 2.05) is 54.3 Å². The zero-order chi connectivity index (χ0) is 18.4. The van der Waals surface area contributed by atoms with Crippen LogP contribution in [-0.2, 0) is 6.54 Å². The molecule has 1 aliphatic heterocycles. The van der Waals surface area contributed by atoms with Gasteiger partial charge in [-0.1, -0.05) is 36.4 Å². The number of amides is 3. The maximum absolute atomic E-state index is 12.6. The Morgan fingerprint density at radius 2 is 1.77 bits per heavy atom. The molecule has 1 N–H and O–H groups in total. The second-order valence-corrected chi connectivity index (χ2v) is 6.51. The summed E-state index contributed by atoms with van der Waals surface area (Å²) in [6.07, 6.45) is 2.13. The van der Waals surface area contributed by atoms with Gasteiger partial charge in [0.2, 0.25) is 0 Å². The summed E-state index contributed by atoms with van der Waals surface area (Å²) in [5.74, 6) is 0.0373. The zero-order valence-electron chi connectivity index (χ0n) is 15.1. The predicted molar refractivity (Wildman–Crippen MR) is 103 cm³/mol. The van der Waals surface area contributed by atoms with Crippen molar-refractivity contribution in [1.29, 1.82) is 0 Å². The Hall–Kier alpha value is -2.82. The molecule has 0 unspecified atom stereocenters. The molecule has 0 saturated carbocycles. The lowest BCUT2D eigenvalue weighted by molar-refractivity contribution is 0.0793. The van der Waals surface area contributed by atoms with Crippen LogP contribution < -0.4 is 5.32 Å². The van der Waals surface area contributed by atoms with Gasteiger partial charge in [-0.3, -0.25) is 4.79 Å². The summed E-state index contributed by atoms with van der Waals surface area (Å²) < 4.78 is 0. The highest BCUT2D eigenvalue weighted by molar-refractivity contribution is 5.97. The standard InChI is InChI=1S/C21H25N3O2/c1-2-23(16-17-9-4-3-5-10-17)21(26)22-19-12-8-11-18(15-19)20(25)24-13-6-7-14-24/h3-5,8-12,15H,2,6-7,13-14,16H2,1H3,(H,22,26). The molecule has 0 radical (unpaired) electrons. The van der Waals surface area contributed by atoms with Crippen LogP contribution in [-0.4, -0.2) is 41.4 Å². The van der Waals surface area contributed by atoms with E-state index in [2.05, 4.69) is 5.32 Å². The summed E-state index contributed by atoms with van der Waals surface area (Å²) in [4.78, 5) is 28.7. The lowest BCUT2D eigenvalue weighted by Crippen LogP contribution is -2.34. The molecule has 1 saturated heterocycles. The molecule has 2 aromatic carbocycles. The summed E-state index contributed by atoms with van der Waals surface area (Å²) in [7, 11) is 0. The first-order valence-electron chi connectivity index (χ1n) is 9.16. The molecule has 5 heteroatoms. The van der Waals surface area contributed by atoms with Crippen molar-refractivity contribution >= 4 is 17.6 Å². The summed E-state index contributed by atoms with van der Waals surface area (Å²) in [5.41, 5.74) is 2.35. The molecule has 3 amide bonds. The highest BCUT2D eigenvalue weighted by Gasteiger charge is 2.20. The number of benzene rings is 2. The van der Waals surface area contributed by atoms with Gasteiger partial charge in [-0.2, -0.15) is 0 Å². The van der Waals surface area contributed by atoms with Crippen LogP contribution in [0.3, 0.4) is 0 Å². The number of urea groups is 1. The summed E-state index contributed by atoms with van der Waals surface area (Å²) in [6, 6.07) is 16.9. The van der Waals surface area contributed by atoms with Crippen LogP contribution in [0.25, 0.3) is 0 Å². The first kappa shape index (κ1) is 18.0. The average molecular weight is 351 g/mol. The molecule has 0 atom stereocenters. The summed E-state index contributed by atoms with van der Waals surface area (Å²) >= 11 is 0. The van der Waals surface area contributed by atoms with Gasteiger partial charge in [-0.25, -0.2) is 4.79 Å². The van der Waals surface area contributed by atoms with Crippen molar-refractivity contribution in [2.24, 2.45) is 0 Å². The number of anilines is 1. The van der Waals surface area contributed by atoms with Crippen molar-refractivity contribution < 1.29 is 9.59 Å². The lowest BCUT2D eigenvalue weighted by atomic mass is 10.1. The fourth-order valence-electron chi connectivity index (χ4n) is 3.17. The van der Waals surface area contributed by atoms with Crippen LogP contribution in [0.5, 0.6) is 0 Å². The van der Waals surface area contributed by atoms with E-state index < -0.39 is 0 Å². The van der Waals surface area contributed by atoms with Gasteiger partial charge in [-0.15, -0.1) is 0 Å². The van der Waals surface area contributed by atoms with E-state index in [0.29, 0.717) is 24.3 Å². The van der Waals surface area contributed by atoms with Gasteiger partial charge in [0, 0.05) is 37.4 Å². The number of rotatable bonds is 5. The smallest absolute Gasteiger partial charge is 0.322 e. The van der Waals surface area contributed by atoms with E-state index in [4.69, 9.17) is 0 Å². The number of carbonyl (C=O) groups is 2. The van der Waals surface area contributed by atoms with Crippen LogP contribution in [0.15, 0.2) is 54.6 Å². The van der Waals surface area contributed by atoms with Crippen molar-refractivity contribution in [3.63, 3.8) is 0 Å². The molecule has 0 aromatic heterocycles. The molecule has 2 aromatic rings. The number of carbonyl (C=O) groups excluding carboxylic acids is 2. The molecule has 0 bridgehead atoms. The predicted octanol–water partition coefficient (Wildman–Crippen LogP) is 3.98. The van der Waals surface area contributed by atoms with Gasteiger partial charge >= 0.3 is 6.03 Å². The third-order valence-electron chi connectivity index (χ3n) is 4.64. The van der Waals surface area contributed by atoms with Crippen molar-refractivity contribution in [2.45, 2.75) is 26.3 Å². The normalized spacial score (nSPS) is 13.5. The minimum absolute atomic E-state index is 0.0373. The fourth-order valence-corrected chi connectivity index (χ4v) is 3.17. The maximum atomic E-state index is 12.6. The average Bonchev–Trinajstić information content (AvgIpc) is 3.21. The maximum Gasteiger partial charge on any atom is 0.322 e. The second kappa shape index (κ2) is 8.52. The second-order valence-electron chi connectivity index (χ2n) is 6.51. The van der Waals surface area contributed by atoms with E-state index in [-0.39, 0.29) is 11.9 Å². The summed E-state index contributed by atoms with van der Waals surface area (Å²) in [5, 5.41) is 2.92. The molecule has 1 aliphatic rings. The molecular formula is C21H25N3O2. The highest BCUT2D eigenvalue weighted by Crippen LogP contribution is 2.17. The van der Waals surface area contributed by atoms with Crippen molar-refractivity contribution in [1.82, 2.24) is 9.80 Å². The first-order valence-corrected chi connectivity index (χ1v) is 9.16. The SMILES string of the molecule is CCN(Cc1ccccc1)C(=O)Nc1cccc(C(=O)N2CCCC2)c1. The Labute approximate surface area is 154 Å². The number of hydrogen-bond acceptors (Lipinski definition) is 2. The van der Waals surface area contributed by atoms with E-state index in [9.17, 15) is 9.59 Å². The number of hydrogen-bond donors (Lipinski definition) is 1. The van der Waals surface area contributed by atoms with Gasteiger partial charge < -0.3 is 15.1 Å². The Balaban J connectivity index is 1.66. The number of nitrogens with zero attached hydrogens (tertiary/aromatic N) is 2. The molecule has 3 rings (SSSR count). The largest absolute Gasteiger partial charge is 0.339 e. The zero-order valence-corrected chi connectivity index (χ0v) is 15.1. The van der Waals surface area contributed by atoms with Gasteiger partial charge in [0.25, 0.3) is 5.91 Å². The highest BCUT2D eigenvalue weighted by atomic mass is 16.2. The third-order valence-corrected chi connectivity index (χ3v) is 4.64. The van der Waals surface area contributed by atoms with E-state index in [0.717, 1.165) is 31.5 Å². The minimum atomic E-state index is -0.165. The summed E-state index contributed by atoms with van der Waals surface area (Å²) in [6.45, 7) is 4.74. The van der Waals surface area contributed by atoms with Crippen molar-refractivity contribution in [2.75, 3.05) is 25.0 Å². The quantitative estimate of drug-likeness (QED) is 0.886. The fraction of sp³-hybridized carbons (Fsp3) is 0.333. The molecule has 136 valence electrons. The molecule has 1 fully saturated rings. The van der Waals surface area contributed by atoms with Crippen LogP contribution in [0, 0.1) is 0 Å². The Bertz CT molecular complexity index is 755. The first-order chi connectivity index (χ1) is 12.7. The van der Waals surface area contributed by atoms with Gasteiger partial charge in [-0.05, 0) is 43.5 Å². The van der Waals surface area contributed by atoms with Crippen LogP contribution >= 0.6 is 0 Å². The van der Waals surface area contributed by atoms with Crippen molar-refractivity contribution in [3.8, 4) is 0 Å². The molecule has 1 heterocycles. The Morgan fingerprint density at radius 1 is 1.04 bits per heavy atom. The number of likely N-dealkylation sites (tertiary alicyclic amines) is 1. The van der Waals surface area contributed by atoms with Crippen LogP contribution in [0.2, 0.25) is 0 Å². The van der Waals surface area contributed by atoms with E-state index >= 15 is 0 Å². The Kier molecular flexibility index (Phi) is 5.89. The van der Waals surface area contributed by atoms with Crippen LogP contribution in [0.1, 0.15) is 35.7 Å². The monoisotopic (exact) mass is 351 g/mol. The third kappa shape index (κ3) is 4.42. The van der Waals surface area contributed by atoms with Crippen molar-refractivity contribution in [3.05, 3.63) is 65.7 Å². The number of nitrogens with one attached hydrogen (secondary N) is 1. The minimum Gasteiger partial charge on any atom is -0.339 e. The molecule has 0 spiro atoms. The molecular weight excluding hydrogens is 326 g/mol. The van der Waals surface area contributed by atoms with Gasteiger partial charge in [0.1, 0.15) is 0 Å². The topological polar surface area (TPSA) is 52.7 Å². The molecule has 26 heavy (non-hydrogen) atoms. The molecule has 5 nitrogen and oxygen atoms in total. The molecule has 0 aliphatic carbocycles. The lowest BCUT2D eigenvalue weighted by Gasteiger charge is -2.22. The van der Waals surface area contributed by atoms with Crippen LogP contribution in [0.4, 0.5) is 10.5 Å². The Morgan fingerprint density at radius 3 is 2.46 bits per heavy atom.